The van der Waals surface area contributed by atoms with Crippen molar-refractivity contribution in [3.05, 3.63) is 93.0 Å². The maximum absolute atomic E-state index is 14.4. The molecule has 230 valence electrons. The molecular weight excluding hydrogens is 575 g/mol. The molecule has 4 heterocycles. The Bertz CT molecular complexity index is 1940. The van der Waals surface area contributed by atoms with Crippen LogP contribution < -0.4 is 16.6 Å². The van der Waals surface area contributed by atoms with E-state index in [4.69, 9.17) is 0 Å². The molecule has 1 atom stereocenters. The number of hydrogen-bond acceptors (Lipinski definition) is 7. The Morgan fingerprint density at radius 2 is 1.78 bits per heavy atom. The summed E-state index contributed by atoms with van der Waals surface area (Å²) in [5, 5.41) is 3.17. The third kappa shape index (κ3) is 5.47. The summed E-state index contributed by atoms with van der Waals surface area (Å²) in [4.78, 5) is 63.1. The molecule has 0 radical (unpaired) electrons. The van der Waals surface area contributed by atoms with Gasteiger partial charge in [-0.3, -0.25) is 23.9 Å². The van der Waals surface area contributed by atoms with Gasteiger partial charge < -0.3 is 10.2 Å². The summed E-state index contributed by atoms with van der Waals surface area (Å²) >= 11 is 0. The zero-order valence-electron chi connectivity index (χ0n) is 24.7. The average Bonchev–Trinajstić information content (AvgIpc) is 3.51. The summed E-state index contributed by atoms with van der Waals surface area (Å²) < 4.78 is 17.0. The molecule has 10 nitrogen and oxygen atoms in total. The quantitative estimate of drug-likeness (QED) is 0.330. The molecule has 2 aliphatic heterocycles. The maximum atomic E-state index is 14.4. The number of piperidine rings is 1. The van der Waals surface area contributed by atoms with Gasteiger partial charge >= 0.3 is 5.69 Å². The normalized spacial score (nSPS) is 21.3. The van der Waals surface area contributed by atoms with E-state index in [0.29, 0.717) is 43.5 Å². The molecule has 7 rings (SSSR count). The van der Waals surface area contributed by atoms with Gasteiger partial charge in [0, 0.05) is 30.6 Å². The number of amides is 1. The lowest BCUT2D eigenvalue weighted by Crippen LogP contribution is -2.47. The van der Waals surface area contributed by atoms with Crippen LogP contribution in [0.15, 0.2) is 75.4 Å². The van der Waals surface area contributed by atoms with Gasteiger partial charge in [-0.05, 0) is 67.9 Å². The second-order valence-electron chi connectivity index (χ2n) is 12.1. The van der Waals surface area contributed by atoms with Crippen molar-refractivity contribution >= 4 is 29.1 Å². The second-order valence-corrected chi connectivity index (χ2v) is 12.1. The van der Waals surface area contributed by atoms with Crippen molar-refractivity contribution in [2.45, 2.75) is 63.1 Å². The minimum atomic E-state index is -0.668. The molecule has 2 fully saturated rings. The monoisotopic (exact) mass is 608 g/mol. The lowest BCUT2D eigenvalue weighted by molar-refractivity contribution is -0.123. The number of pyridine rings is 1. The molecule has 4 aromatic rings. The van der Waals surface area contributed by atoms with Gasteiger partial charge in [-0.1, -0.05) is 36.4 Å². The molecule has 1 amide bonds. The number of hydrogen-bond donors (Lipinski definition) is 1. The Morgan fingerprint density at radius 1 is 0.978 bits per heavy atom. The van der Waals surface area contributed by atoms with E-state index in [1.165, 1.54) is 9.13 Å². The molecule has 2 aromatic heterocycles. The first kappa shape index (κ1) is 28.8. The molecule has 1 aliphatic carbocycles. The van der Waals surface area contributed by atoms with E-state index in [9.17, 15) is 23.6 Å². The van der Waals surface area contributed by atoms with Crippen LogP contribution >= 0.6 is 0 Å². The molecular formula is C34H33FN6O4. The molecule has 45 heavy (non-hydrogen) atoms. The van der Waals surface area contributed by atoms with Crippen LogP contribution in [0.5, 0.6) is 0 Å². The third-order valence-corrected chi connectivity index (χ3v) is 9.23. The highest BCUT2D eigenvalue weighted by molar-refractivity contribution is 5.92. The third-order valence-electron chi connectivity index (χ3n) is 9.23. The van der Waals surface area contributed by atoms with Crippen molar-refractivity contribution in [1.29, 1.82) is 0 Å². The standard InChI is InChI=1S/C34H33FN6O4/c35-24-17-28-31(36-18-24)40(27-5-3-4-23(16-27)22-9-7-21(20-42)8-10-22)34(45)41(33(28)44)26-13-11-25(12-14-26)37-32(43)29-19-39-15-2-1-6-30(39)38-29/h3-5,7-10,16-18,20,25-26,29H,1-2,6,11-15,19H2,(H,37,43). The first-order chi connectivity index (χ1) is 21.9. The summed E-state index contributed by atoms with van der Waals surface area (Å²) in [6, 6.07) is 14.5. The van der Waals surface area contributed by atoms with Gasteiger partial charge in [0.2, 0.25) is 5.91 Å². The SMILES string of the molecule is O=Cc1ccc(-c2cccc(-n3c(=O)n(C4CCC(NC(=O)C5CN6CCCCC6=N5)CC4)c(=O)c4cc(F)cnc43)c2)cc1. The smallest absolute Gasteiger partial charge is 0.337 e. The number of nitrogens with one attached hydrogen (secondary N) is 1. The van der Waals surface area contributed by atoms with Gasteiger partial charge in [-0.25, -0.2) is 18.7 Å². The van der Waals surface area contributed by atoms with Gasteiger partial charge in [-0.2, -0.15) is 0 Å². The summed E-state index contributed by atoms with van der Waals surface area (Å²) in [5.74, 6) is 0.288. The Balaban J connectivity index is 1.17. The van der Waals surface area contributed by atoms with Crippen molar-refractivity contribution in [1.82, 2.24) is 24.3 Å². The van der Waals surface area contributed by atoms with Gasteiger partial charge in [0.25, 0.3) is 5.56 Å². The first-order valence-electron chi connectivity index (χ1n) is 15.5. The number of aromatic nitrogens is 3. The molecule has 1 N–H and O–H groups in total. The van der Waals surface area contributed by atoms with Gasteiger partial charge in [0.15, 0.2) is 5.65 Å². The lowest BCUT2D eigenvalue weighted by atomic mass is 9.90. The summed E-state index contributed by atoms with van der Waals surface area (Å²) in [6.45, 7) is 1.57. The molecule has 1 unspecified atom stereocenters. The van der Waals surface area contributed by atoms with Crippen molar-refractivity contribution in [2.75, 3.05) is 13.1 Å². The molecule has 1 saturated carbocycles. The second kappa shape index (κ2) is 11.9. The number of halogens is 1. The number of carbonyl (C=O) groups is 2. The number of aliphatic imine (C=N–C) groups is 1. The largest absolute Gasteiger partial charge is 0.358 e. The fraction of sp³-hybridized carbons (Fsp3) is 0.353. The van der Waals surface area contributed by atoms with E-state index in [2.05, 4.69) is 20.2 Å². The van der Waals surface area contributed by atoms with E-state index in [1.807, 2.05) is 24.3 Å². The summed E-state index contributed by atoms with van der Waals surface area (Å²) in [7, 11) is 0. The number of aldehydes is 1. The predicted molar refractivity (Wildman–Crippen MR) is 168 cm³/mol. The van der Waals surface area contributed by atoms with Crippen molar-refractivity contribution in [2.24, 2.45) is 4.99 Å². The van der Waals surface area contributed by atoms with E-state index in [1.54, 1.807) is 24.3 Å². The van der Waals surface area contributed by atoms with Crippen LogP contribution in [0, 0.1) is 5.82 Å². The van der Waals surface area contributed by atoms with Crippen molar-refractivity contribution < 1.29 is 14.0 Å². The molecule has 3 aliphatic rings. The molecule has 11 heteroatoms. The van der Waals surface area contributed by atoms with Crippen molar-refractivity contribution in [3.63, 3.8) is 0 Å². The predicted octanol–water partition coefficient (Wildman–Crippen LogP) is 4.03. The van der Waals surface area contributed by atoms with Crippen LogP contribution in [0.3, 0.4) is 0 Å². The number of fused-ring (bicyclic) bond motifs is 2. The number of benzene rings is 2. The fourth-order valence-corrected chi connectivity index (χ4v) is 6.88. The first-order valence-corrected chi connectivity index (χ1v) is 15.5. The van der Waals surface area contributed by atoms with Crippen LogP contribution in [-0.4, -0.2) is 62.2 Å². The zero-order chi connectivity index (χ0) is 31.1. The average molecular weight is 609 g/mol. The van der Waals surface area contributed by atoms with Crippen LogP contribution in [0.1, 0.15) is 61.3 Å². The van der Waals surface area contributed by atoms with Crippen LogP contribution in [-0.2, 0) is 4.79 Å². The maximum Gasteiger partial charge on any atom is 0.337 e. The van der Waals surface area contributed by atoms with Gasteiger partial charge in [0.05, 0.1) is 23.8 Å². The van der Waals surface area contributed by atoms with E-state index < -0.39 is 29.1 Å². The van der Waals surface area contributed by atoms with Gasteiger partial charge in [-0.15, -0.1) is 0 Å². The minimum Gasteiger partial charge on any atom is -0.358 e. The highest BCUT2D eigenvalue weighted by atomic mass is 19.1. The van der Waals surface area contributed by atoms with Crippen molar-refractivity contribution in [3.8, 4) is 16.8 Å². The number of carbonyl (C=O) groups excluding carboxylic acids is 2. The fourth-order valence-electron chi connectivity index (χ4n) is 6.88. The Hall–Kier alpha value is -4.93. The lowest BCUT2D eigenvalue weighted by Gasteiger charge is -2.31. The topological polar surface area (TPSA) is 119 Å². The number of rotatable bonds is 6. The van der Waals surface area contributed by atoms with E-state index in [-0.39, 0.29) is 23.0 Å². The molecule has 0 spiro atoms. The molecule has 1 saturated heterocycles. The van der Waals surface area contributed by atoms with Crippen LogP contribution in [0.4, 0.5) is 4.39 Å². The van der Waals surface area contributed by atoms with Crippen LogP contribution in [0.25, 0.3) is 27.8 Å². The minimum absolute atomic E-state index is 0.0163. The number of amidine groups is 1. The van der Waals surface area contributed by atoms with Gasteiger partial charge in [0.1, 0.15) is 24.0 Å². The highest BCUT2D eigenvalue weighted by Gasteiger charge is 2.34. The van der Waals surface area contributed by atoms with Crippen LogP contribution in [0.2, 0.25) is 0 Å². The summed E-state index contributed by atoms with van der Waals surface area (Å²) in [5.41, 5.74) is 1.61. The number of nitrogens with zero attached hydrogens (tertiary/aromatic N) is 5. The molecule has 2 aromatic carbocycles. The Kier molecular flexibility index (Phi) is 7.60. The zero-order valence-corrected chi connectivity index (χ0v) is 24.7. The van der Waals surface area contributed by atoms with E-state index >= 15 is 0 Å². The molecule has 0 bridgehead atoms. The Morgan fingerprint density at radius 3 is 2.53 bits per heavy atom. The Labute approximate surface area is 258 Å². The highest BCUT2D eigenvalue weighted by Crippen LogP contribution is 2.29. The summed E-state index contributed by atoms with van der Waals surface area (Å²) in [6.07, 6.45) is 7.12. The van der Waals surface area contributed by atoms with E-state index in [0.717, 1.165) is 61.3 Å².